The van der Waals surface area contributed by atoms with Gasteiger partial charge in [-0.15, -0.1) is 9.24 Å². The molecule has 1 nitrogen and oxygen atoms in total. The van der Waals surface area contributed by atoms with Gasteiger partial charge in [0.25, 0.3) is 0 Å². The first-order valence-corrected chi connectivity index (χ1v) is 4.30. The minimum atomic E-state index is 0.733. The van der Waals surface area contributed by atoms with E-state index in [0.717, 1.165) is 18.1 Å². The first kappa shape index (κ1) is 9.39. The van der Waals surface area contributed by atoms with Gasteiger partial charge in [-0.1, -0.05) is 13.8 Å². The summed E-state index contributed by atoms with van der Waals surface area (Å²) in [5.74, 6) is 0.804. The van der Waals surface area contributed by atoms with Crippen molar-refractivity contribution in [3.63, 3.8) is 0 Å². The van der Waals surface area contributed by atoms with Crippen LogP contribution < -0.4 is 5.73 Å². The average molecular weight is 147 g/mol. The first-order chi connectivity index (χ1) is 4.18. The van der Waals surface area contributed by atoms with Gasteiger partial charge >= 0.3 is 0 Å². The minimum Gasteiger partial charge on any atom is -0.330 e. The Hall–Kier alpha value is 0.390. The maximum absolute atomic E-state index is 5.37. The van der Waals surface area contributed by atoms with Gasteiger partial charge in [0.05, 0.1) is 0 Å². The van der Waals surface area contributed by atoms with Crippen LogP contribution >= 0.6 is 9.24 Å². The van der Waals surface area contributed by atoms with E-state index in [1.165, 1.54) is 12.8 Å². The van der Waals surface area contributed by atoms with Gasteiger partial charge in [-0.25, -0.2) is 0 Å². The molecule has 0 aliphatic carbocycles. The zero-order valence-corrected chi connectivity index (χ0v) is 7.59. The molecule has 0 saturated carbocycles. The second-order valence-electron chi connectivity index (χ2n) is 2.77. The standard InChI is InChI=1S/C7H18NP/c1-6(7(2)9)4-3-5-8/h6-7H,3-5,8-9H2,1-2H3/t6-,7+/m1/s1. The highest BCUT2D eigenvalue weighted by Gasteiger charge is 2.04. The summed E-state index contributed by atoms with van der Waals surface area (Å²) in [6, 6.07) is 0. The van der Waals surface area contributed by atoms with E-state index in [-0.39, 0.29) is 0 Å². The van der Waals surface area contributed by atoms with Crippen LogP contribution in [-0.2, 0) is 0 Å². The maximum Gasteiger partial charge on any atom is -0.00772 e. The summed E-state index contributed by atoms with van der Waals surface area (Å²) < 4.78 is 0. The predicted molar refractivity (Wildman–Crippen MR) is 46.6 cm³/mol. The smallest absolute Gasteiger partial charge is 0.00772 e. The molecule has 0 radical (unpaired) electrons. The zero-order chi connectivity index (χ0) is 7.28. The molecule has 3 atom stereocenters. The van der Waals surface area contributed by atoms with Gasteiger partial charge in [0.1, 0.15) is 0 Å². The van der Waals surface area contributed by atoms with Crippen molar-refractivity contribution in [3.05, 3.63) is 0 Å². The zero-order valence-electron chi connectivity index (χ0n) is 6.43. The van der Waals surface area contributed by atoms with E-state index in [2.05, 4.69) is 23.1 Å². The highest BCUT2D eigenvalue weighted by atomic mass is 31.0. The molecule has 0 aliphatic heterocycles. The Morgan fingerprint density at radius 1 is 1.44 bits per heavy atom. The van der Waals surface area contributed by atoms with Gasteiger partial charge < -0.3 is 5.73 Å². The highest BCUT2D eigenvalue weighted by molar-refractivity contribution is 7.17. The molecule has 0 rings (SSSR count). The van der Waals surface area contributed by atoms with E-state index in [4.69, 9.17) is 5.73 Å². The summed E-state index contributed by atoms with van der Waals surface area (Å²) in [4.78, 5) is 0. The molecule has 0 amide bonds. The molecule has 56 valence electrons. The normalized spacial score (nSPS) is 17.3. The summed E-state index contributed by atoms with van der Waals surface area (Å²) in [6.45, 7) is 5.33. The van der Waals surface area contributed by atoms with Crippen LogP contribution in [0.1, 0.15) is 26.7 Å². The minimum absolute atomic E-state index is 0.733. The SMILES string of the molecule is C[C@H](P)[C@H](C)CCCN. The molecule has 0 heterocycles. The molecule has 2 N–H and O–H groups in total. The van der Waals surface area contributed by atoms with Crippen LogP contribution in [0.25, 0.3) is 0 Å². The van der Waals surface area contributed by atoms with Crippen molar-refractivity contribution in [3.8, 4) is 0 Å². The van der Waals surface area contributed by atoms with E-state index in [1.807, 2.05) is 0 Å². The lowest BCUT2D eigenvalue weighted by Crippen LogP contribution is -2.09. The summed E-state index contributed by atoms with van der Waals surface area (Å²) in [5.41, 5.74) is 6.10. The molecular formula is C7H18NP. The van der Waals surface area contributed by atoms with Gasteiger partial charge in [-0.2, -0.15) is 0 Å². The number of rotatable bonds is 4. The lowest BCUT2D eigenvalue weighted by atomic mass is 10.0. The topological polar surface area (TPSA) is 26.0 Å². The summed E-state index contributed by atoms with van der Waals surface area (Å²) >= 11 is 0. The van der Waals surface area contributed by atoms with Crippen LogP contribution in [0.4, 0.5) is 0 Å². The van der Waals surface area contributed by atoms with Gasteiger partial charge in [0.15, 0.2) is 0 Å². The third kappa shape index (κ3) is 4.87. The van der Waals surface area contributed by atoms with E-state index in [1.54, 1.807) is 0 Å². The molecule has 0 aromatic rings. The van der Waals surface area contributed by atoms with E-state index in [0.29, 0.717) is 0 Å². The van der Waals surface area contributed by atoms with Crippen LogP contribution in [0.5, 0.6) is 0 Å². The Bertz CT molecular complexity index is 63.9. The Morgan fingerprint density at radius 3 is 2.33 bits per heavy atom. The number of nitrogens with two attached hydrogens (primary N) is 1. The van der Waals surface area contributed by atoms with Crippen LogP contribution in [0.3, 0.4) is 0 Å². The lowest BCUT2D eigenvalue weighted by molar-refractivity contribution is 0.510. The molecule has 2 heteroatoms. The fourth-order valence-electron chi connectivity index (χ4n) is 0.703. The Balaban J connectivity index is 3.16. The van der Waals surface area contributed by atoms with Gasteiger partial charge in [0.2, 0.25) is 0 Å². The Kier molecular flexibility index (Phi) is 5.42. The largest absolute Gasteiger partial charge is 0.330 e. The fourth-order valence-corrected chi connectivity index (χ4v) is 0.895. The lowest BCUT2D eigenvalue weighted by Gasteiger charge is -2.13. The number of hydrogen-bond acceptors (Lipinski definition) is 1. The second kappa shape index (κ2) is 5.20. The maximum atomic E-state index is 5.37. The van der Waals surface area contributed by atoms with E-state index < -0.39 is 0 Å². The average Bonchev–Trinajstić information content (AvgIpc) is 1.82. The van der Waals surface area contributed by atoms with Crippen LogP contribution in [-0.4, -0.2) is 12.2 Å². The van der Waals surface area contributed by atoms with Crippen LogP contribution in [0.15, 0.2) is 0 Å². The molecule has 0 bridgehead atoms. The summed E-state index contributed by atoms with van der Waals surface area (Å²) in [5, 5.41) is 0. The predicted octanol–water partition coefficient (Wildman–Crippen LogP) is 1.62. The molecule has 0 saturated heterocycles. The molecule has 0 spiro atoms. The number of hydrogen-bond donors (Lipinski definition) is 1. The first-order valence-electron chi connectivity index (χ1n) is 3.64. The quantitative estimate of drug-likeness (QED) is 0.601. The Labute approximate surface area is 60.6 Å². The summed E-state index contributed by atoms with van der Waals surface area (Å²) in [7, 11) is 2.83. The van der Waals surface area contributed by atoms with E-state index in [9.17, 15) is 0 Å². The molecule has 0 fully saturated rings. The van der Waals surface area contributed by atoms with Crippen molar-refractivity contribution < 1.29 is 0 Å². The van der Waals surface area contributed by atoms with Crippen molar-refractivity contribution in [2.45, 2.75) is 32.3 Å². The molecule has 9 heavy (non-hydrogen) atoms. The highest BCUT2D eigenvalue weighted by Crippen LogP contribution is 2.16. The van der Waals surface area contributed by atoms with Crippen molar-refractivity contribution in [2.24, 2.45) is 11.7 Å². The molecule has 1 unspecified atom stereocenters. The van der Waals surface area contributed by atoms with Crippen molar-refractivity contribution in [1.82, 2.24) is 0 Å². The monoisotopic (exact) mass is 147 g/mol. The molecular weight excluding hydrogens is 129 g/mol. The van der Waals surface area contributed by atoms with Gasteiger partial charge in [-0.05, 0) is 31.0 Å². The molecule has 0 aromatic heterocycles. The fraction of sp³-hybridized carbons (Fsp3) is 1.00. The second-order valence-corrected chi connectivity index (χ2v) is 3.82. The van der Waals surface area contributed by atoms with Crippen molar-refractivity contribution >= 4 is 9.24 Å². The molecule has 0 aliphatic rings. The van der Waals surface area contributed by atoms with E-state index >= 15 is 0 Å². The van der Waals surface area contributed by atoms with Crippen LogP contribution in [0, 0.1) is 5.92 Å². The van der Waals surface area contributed by atoms with Crippen LogP contribution in [0.2, 0.25) is 0 Å². The molecule has 0 aromatic carbocycles. The summed E-state index contributed by atoms with van der Waals surface area (Å²) in [6.07, 6.45) is 2.43. The van der Waals surface area contributed by atoms with Crippen molar-refractivity contribution in [2.75, 3.05) is 6.54 Å². The van der Waals surface area contributed by atoms with Gasteiger partial charge in [0, 0.05) is 0 Å². The third-order valence-electron chi connectivity index (χ3n) is 1.76. The van der Waals surface area contributed by atoms with Crippen molar-refractivity contribution in [1.29, 1.82) is 0 Å². The third-order valence-corrected chi connectivity index (χ3v) is 2.42. The Morgan fingerprint density at radius 2 is 2.00 bits per heavy atom. The van der Waals surface area contributed by atoms with Gasteiger partial charge in [-0.3, -0.25) is 0 Å².